The molecule has 0 radical (unpaired) electrons. The average molecular weight is 387 g/mol. The summed E-state index contributed by atoms with van der Waals surface area (Å²) in [6, 6.07) is 12.7. The van der Waals surface area contributed by atoms with Gasteiger partial charge in [0.2, 0.25) is 0 Å². The quantitative estimate of drug-likeness (QED) is 0.567. The molecule has 5 nitrogen and oxygen atoms in total. The van der Waals surface area contributed by atoms with Crippen LogP contribution in [0.4, 0.5) is 4.39 Å². The summed E-state index contributed by atoms with van der Waals surface area (Å²) >= 11 is 0. The molecule has 6 heteroatoms. The summed E-state index contributed by atoms with van der Waals surface area (Å²) in [7, 11) is 0. The van der Waals surface area contributed by atoms with Crippen LogP contribution >= 0.6 is 0 Å². The van der Waals surface area contributed by atoms with Crippen molar-refractivity contribution in [1.29, 1.82) is 0 Å². The van der Waals surface area contributed by atoms with Crippen LogP contribution in [0.1, 0.15) is 30.1 Å². The number of hydrogen-bond acceptors (Lipinski definition) is 4. The maximum absolute atomic E-state index is 13.5. The fourth-order valence-corrected chi connectivity index (χ4v) is 4.11. The third kappa shape index (κ3) is 3.40. The highest BCUT2D eigenvalue weighted by molar-refractivity contribution is 5.80. The Kier molecular flexibility index (Phi) is 4.56. The van der Waals surface area contributed by atoms with Crippen LogP contribution in [0.2, 0.25) is 0 Å². The van der Waals surface area contributed by atoms with Gasteiger partial charge < -0.3 is 5.32 Å². The fourth-order valence-electron chi connectivity index (χ4n) is 4.11. The maximum Gasteiger partial charge on any atom is 0.138 e. The maximum atomic E-state index is 13.5. The number of imidazole rings is 1. The summed E-state index contributed by atoms with van der Waals surface area (Å²) in [6.45, 7) is 3.98. The van der Waals surface area contributed by atoms with Gasteiger partial charge in [-0.15, -0.1) is 0 Å². The highest BCUT2D eigenvalue weighted by Gasteiger charge is 2.20. The third-order valence-electron chi connectivity index (χ3n) is 5.60. The number of aryl methyl sites for hydroxylation is 1. The lowest BCUT2D eigenvalue weighted by molar-refractivity contribution is 0.460. The van der Waals surface area contributed by atoms with Crippen molar-refractivity contribution in [2.45, 2.75) is 25.7 Å². The minimum atomic E-state index is -0.259. The van der Waals surface area contributed by atoms with Crippen LogP contribution in [0, 0.1) is 12.7 Å². The molecule has 29 heavy (non-hydrogen) atoms. The van der Waals surface area contributed by atoms with Gasteiger partial charge in [-0.3, -0.25) is 4.40 Å². The highest BCUT2D eigenvalue weighted by Crippen LogP contribution is 2.34. The van der Waals surface area contributed by atoms with Crippen molar-refractivity contribution in [2.24, 2.45) is 0 Å². The van der Waals surface area contributed by atoms with E-state index in [4.69, 9.17) is 4.98 Å². The molecule has 5 rings (SSSR count). The van der Waals surface area contributed by atoms with E-state index in [-0.39, 0.29) is 5.82 Å². The van der Waals surface area contributed by atoms with Gasteiger partial charge >= 0.3 is 0 Å². The van der Waals surface area contributed by atoms with Gasteiger partial charge in [-0.2, -0.15) is 0 Å². The van der Waals surface area contributed by atoms with Crippen LogP contribution in [0.5, 0.6) is 0 Å². The molecule has 1 saturated heterocycles. The van der Waals surface area contributed by atoms with E-state index in [1.807, 2.05) is 13.0 Å². The van der Waals surface area contributed by atoms with Crippen molar-refractivity contribution in [3.63, 3.8) is 0 Å². The van der Waals surface area contributed by atoms with Gasteiger partial charge in [-0.25, -0.2) is 19.3 Å². The first-order chi connectivity index (χ1) is 14.2. The van der Waals surface area contributed by atoms with Crippen LogP contribution in [-0.2, 0) is 0 Å². The monoisotopic (exact) mass is 387 g/mol. The molecule has 0 bridgehead atoms. The van der Waals surface area contributed by atoms with E-state index in [9.17, 15) is 4.39 Å². The lowest BCUT2D eigenvalue weighted by Crippen LogP contribution is -2.26. The lowest BCUT2D eigenvalue weighted by atomic mass is 9.91. The molecule has 0 saturated carbocycles. The molecular weight excluding hydrogens is 365 g/mol. The van der Waals surface area contributed by atoms with Crippen molar-refractivity contribution >= 4 is 5.65 Å². The van der Waals surface area contributed by atoms with Crippen LogP contribution in [0.15, 0.2) is 54.9 Å². The van der Waals surface area contributed by atoms with Gasteiger partial charge in [-0.1, -0.05) is 0 Å². The van der Waals surface area contributed by atoms with Crippen molar-refractivity contribution in [3.05, 3.63) is 72.1 Å². The predicted octanol–water partition coefficient (Wildman–Crippen LogP) is 4.37. The summed E-state index contributed by atoms with van der Waals surface area (Å²) in [5.74, 6) is 0.996. The van der Waals surface area contributed by atoms with Crippen molar-refractivity contribution < 1.29 is 4.39 Å². The lowest BCUT2D eigenvalue weighted by Gasteiger charge is -2.23. The number of nitrogens with zero attached hydrogens (tertiary/aromatic N) is 4. The van der Waals surface area contributed by atoms with E-state index >= 15 is 0 Å². The molecule has 0 aliphatic carbocycles. The minimum Gasteiger partial charge on any atom is -0.317 e. The number of halogens is 1. The first kappa shape index (κ1) is 17.9. The van der Waals surface area contributed by atoms with E-state index in [2.05, 4.69) is 38.0 Å². The van der Waals surface area contributed by atoms with Crippen molar-refractivity contribution in [3.8, 4) is 22.6 Å². The first-order valence-corrected chi connectivity index (χ1v) is 9.98. The average Bonchev–Trinajstić information content (AvgIpc) is 3.13. The first-order valence-electron chi connectivity index (χ1n) is 9.98. The van der Waals surface area contributed by atoms with Gasteiger partial charge in [-0.05, 0) is 86.8 Å². The minimum absolute atomic E-state index is 0.259. The van der Waals surface area contributed by atoms with E-state index in [1.54, 1.807) is 18.3 Å². The molecule has 1 aliphatic rings. The van der Waals surface area contributed by atoms with E-state index in [1.165, 1.54) is 17.7 Å². The Morgan fingerprint density at radius 1 is 1.03 bits per heavy atom. The number of nitrogens with one attached hydrogen (secondary N) is 1. The number of rotatable bonds is 3. The molecule has 3 aromatic heterocycles. The van der Waals surface area contributed by atoms with Gasteiger partial charge in [0.15, 0.2) is 0 Å². The zero-order valence-corrected chi connectivity index (χ0v) is 16.3. The van der Waals surface area contributed by atoms with E-state index < -0.39 is 0 Å². The predicted molar refractivity (Wildman–Crippen MR) is 111 cm³/mol. The second-order valence-electron chi connectivity index (χ2n) is 7.52. The zero-order chi connectivity index (χ0) is 19.8. The Balaban J connectivity index is 1.70. The second-order valence-corrected chi connectivity index (χ2v) is 7.52. The SMILES string of the molecule is Cc1nccc(-c2c(-c3ccc(F)cc3)nc3cc(C4CCNCC4)ccn23)n1. The fraction of sp³-hybridized carbons (Fsp3) is 0.261. The Hall–Kier alpha value is -3.12. The van der Waals surface area contributed by atoms with E-state index in [0.29, 0.717) is 11.7 Å². The molecule has 1 aromatic carbocycles. The Bertz CT molecular complexity index is 1160. The van der Waals surface area contributed by atoms with Gasteiger partial charge in [0, 0.05) is 18.0 Å². The second kappa shape index (κ2) is 7.37. The number of aromatic nitrogens is 4. The van der Waals surface area contributed by atoms with Gasteiger partial charge in [0.1, 0.15) is 17.3 Å². The van der Waals surface area contributed by atoms with Crippen LogP contribution in [0.3, 0.4) is 0 Å². The molecule has 0 unspecified atom stereocenters. The summed E-state index contributed by atoms with van der Waals surface area (Å²) < 4.78 is 15.6. The highest BCUT2D eigenvalue weighted by atomic mass is 19.1. The Morgan fingerprint density at radius 2 is 1.83 bits per heavy atom. The number of benzene rings is 1. The molecule has 0 spiro atoms. The third-order valence-corrected chi connectivity index (χ3v) is 5.60. The molecule has 4 aromatic rings. The van der Waals surface area contributed by atoms with Crippen molar-refractivity contribution in [1.82, 2.24) is 24.7 Å². The summed E-state index contributed by atoms with van der Waals surface area (Å²) in [4.78, 5) is 13.8. The standard InChI is InChI=1S/C23H22FN5/c1-15-26-12-8-20(27-15)23-22(17-2-4-19(24)5-3-17)28-21-14-18(9-13-29(21)23)16-6-10-25-11-7-16/h2-5,8-9,12-14,16,25H,6-7,10-11H2,1H3. The largest absolute Gasteiger partial charge is 0.317 e. The molecule has 0 atom stereocenters. The summed E-state index contributed by atoms with van der Waals surface area (Å²) in [5, 5.41) is 3.42. The van der Waals surface area contributed by atoms with Crippen LogP contribution < -0.4 is 5.32 Å². The normalized spacial score (nSPS) is 15.1. The van der Waals surface area contributed by atoms with Crippen LogP contribution in [0.25, 0.3) is 28.3 Å². The molecule has 1 aliphatic heterocycles. The van der Waals surface area contributed by atoms with Gasteiger partial charge in [0.05, 0.1) is 17.1 Å². The van der Waals surface area contributed by atoms with Crippen LogP contribution in [-0.4, -0.2) is 32.4 Å². The zero-order valence-electron chi connectivity index (χ0n) is 16.3. The number of pyridine rings is 1. The summed E-state index contributed by atoms with van der Waals surface area (Å²) in [5.41, 5.74) is 5.56. The number of hydrogen-bond donors (Lipinski definition) is 1. The molecule has 1 N–H and O–H groups in total. The molecule has 4 heterocycles. The summed E-state index contributed by atoms with van der Waals surface area (Å²) in [6.07, 6.45) is 6.12. The Labute approximate surface area is 168 Å². The molecular formula is C23H22FN5. The van der Waals surface area contributed by atoms with E-state index in [0.717, 1.165) is 54.2 Å². The topological polar surface area (TPSA) is 55.1 Å². The number of piperidine rings is 1. The van der Waals surface area contributed by atoms with Crippen molar-refractivity contribution in [2.75, 3.05) is 13.1 Å². The Morgan fingerprint density at radius 3 is 2.59 bits per heavy atom. The van der Waals surface area contributed by atoms with Gasteiger partial charge in [0.25, 0.3) is 0 Å². The molecule has 0 amide bonds. The molecule has 146 valence electrons. The molecule has 1 fully saturated rings. The smallest absolute Gasteiger partial charge is 0.138 e. The number of fused-ring (bicyclic) bond motifs is 1.